The SMILES string of the molecule is Cn1cc(OP(=O)(O)OP(=O)(O)OP(=O)(O)O)nc1N. The highest BCUT2D eigenvalue weighted by Crippen LogP contribution is 2.65. The van der Waals surface area contributed by atoms with Gasteiger partial charge in [-0.15, -0.1) is 0 Å². The van der Waals surface area contributed by atoms with E-state index >= 15 is 0 Å². The van der Waals surface area contributed by atoms with E-state index in [-0.39, 0.29) is 5.95 Å². The molecule has 1 aromatic rings. The third-order valence-electron chi connectivity index (χ3n) is 1.51. The number of hydrogen-bond acceptors (Lipinski definition) is 8. The van der Waals surface area contributed by atoms with Crippen molar-refractivity contribution in [2.24, 2.45) is 7.05 Å². The molecule has 13 nitrogen and oxygen atoms in total. The fourth-order valence-electron chi connectivity index (χ4n) is 0.911. The van der Waals surface area contributed by atoms with Crippen LogP contribution in [0.3, 0.4) is 0 Å². The van der Waals surface area contributed by atoms with Crippen LogP contribution in [0, 0.1) is 0 Å². The molecule has 0 fully saturated rings. The van der Waals surface area contributed by atoms with Crippen molar-refractivity contribution in [2.45, 2.75) is 0 Å². The standard InChI is InChI=1S/C4H10N3O10P3/c1-7-2-3(6-4(7)5)15-19(11,12)17-20(13,14)16-18(8,9)10/h2H,1H3,(H2,5,6)(H,11,12)(H,13,14)(H2,8,9,10). The molecule has 2 atom stereocenters. The molecule has 2 unspecified atom stereocenters. The molecule has 0 bridgehead atoms. The summed E-state index contributed by atoms with van der Waals surface area (Å²) in [5.74, 6) is -0.620. The summed E-state index contributed by atoms with van der Waals surface area (Å²) in [7, 11) is -14.8. The molecule has 0 saturated heterocycles. The van der Waals surface area contributed by atoms with Gasteiger partial charge in [-0.3, -0.25) is 4.89 Å². The van der Waals surface area contributed by atoms with Crippen LogP contribution in [-0.4, -0.2) is 29.1 Å². The first-order valence-corrected chi connectivity index (χ1v) is 8.94. The van der Waals surface area contributed by atoms with Crippen molar-refractivity contribution in [3.8, 4) is 5.88 Å². The molecule has 0 aliphatic carbocycles. The molecule has 1 heterocycles. The number of nitrogen functional groups attached to an aromatic ring is 1. The molecule has 0 spiro atoms. The minimum Gasteiger partial charge on any atom is -0.384 e. The molecule has 1 rings (SSSR count). The van der Waals surface area contributed by atoms with Gasteiger partial charge in [-0.25, -0.2) is 13.7 Å². The highest BCUT2D eigenvalue weighted by Gasteiger charge is 2.41. The van der Waals surface area contributed by atoms with Crippen LogP contribution in [0.5, 0.6) is 5.88 Å². The molecule has 116 valence electrons. The number of nitrogens with zero attached hydrogens (tertiary/aromatic N) is 2. The molecular weight excluding hydrogens is 343 g/mol. The third kappa shape index (κ3) is 5.71. The Labute approximate surface area is 111 Å². The van der Waals surface area contributed by atoms with Crippen molar-refractivity contribution < 1.29 is 46.4 Å². The van der Waals surface area contributed by atoms with E-state index in [1.54, 1.807) is 0 Å². The van der Waals surface area contributed by atoms with E-state index in [2.05, 4.69) is 18.1 Å². The average molecular weight is 353 g/mol. The van der Waals surface area contributed by atoms with Crippen LogP contribution in [-0.2, 0) is 29.4 Å². The second-order valence-electron chi connectivity index (χ2n) is 3.23. The number of phosphoric ester groups is 1. The van der Waals surface area contributed by atoms with E-state index in [1.165, 1.54) is 11.6 Å². The highest BCUT2D eigenvalue weighted by molar-refractivity contribution is 7.66. The van der Waals surface area contributed by atoms with Gasteiger partial charge in [-0.05, 0) is 0 Å². The van der Waals surface area contributed by atoms with E-state index in [0.717, 1.165) is 6.20 Å². The first-order chi connectivity index (χ1) is 8.80. The lowest BCUT2D eigenvalue weighted by Gasteiger charge is -2.15. The van der Waals surface area contributed by atoms with Gasteiger partial charge in [0.15, 0.2) is 0 Å². The van der Waals surface area contributed by atoms with E-state index < -0.39 is 29.3 Å². The number of rotatable bonds is 6. The minimum atomic E-state index is -5.54. The van der Waals surface area contributed by atoms with E-state index in [0.29, 0.717) is 0 Å². The molecule has 0 aliphatic heterocycles. The smallest absolute Gasteiger partial charge is 0.384 e. The molecule has 20 heavy (non-hydrogen) atoms. The number of aryl methyl sites for hydroxylation is 1. The van der Waals surface area contributed by atoms with Gasteiger partial charge in [0, 0.05) is 7.05 Å². The van der Waals surface area contributed by atoms with Gasteiger partial charge in [-0.2, -0.15) is 13.6 Å². The Morgan fingerprint density at radius 3 is 2.10 bits per heavy atom. The van der Waals surface area contributed by atoms with Crippen molar-refractivity contribution >= 4 is 29.4 Å². The number of aromatic nitrogens is 2. The van der Waals surface area contributed by atoms with Gasteiger partial charge in [0.05, 0.1) is 6.20 Å². The van der Waals surface area contributed by atoms with Crippen LogP contribution in [0.1, 0.15) is 0 Å². The summed E-state index contributed by atoms with van der Waals surface area (Å²) in [5, 5.41) is 0. The van der Waals surface area contributed by atoms with Crippen LogP contribution in [0.2, 0.25) is 0 Å². The Kier molecular flexibility index (Phi) is 4.82. The van der Waals surface area contributed by atoms with Crippen LogP contribution >= 0.6 is 23.5 Å². The Bertz CT molecular complexity index is 614. The molecular formula is C4H10N3O10P3. The summed E-state index contributed by atoms with van der Waals surface area (Å²) in [4.78, 5) is 38.1. The Balaban J connectivity index is 2.82. The molecule has 0 amide bonds. The lowest BCUT2D eigenvalue weighted by atomic mass is 10.8. The fraction of sp³-hybridized carbons (Fsp3) is 0.250. The summed E-state index contributed by atoms with van der Waals surface area (Å²) < 4.78 is 45.2. The Morgan fingerprint density at radius 1 is 1.15 bits per heavy atom. The fourth-order valence-corrected chi connectivity index (χ4v) is 3.87. The lowest BCUT2D eigenvalue weighted by Crippen LogP contribution is -1.98. The van der Waals surface area contributed by atoms with E-state index in [4.69, 9.17) is 25.3 Å². The Hall–Kier alpha value is -0.740. The summed E-state index contributed by atoms with van der Waals surface area (Å²) in [6.45, 7) is 0. The topological polar surface area (TPSA) is 204 Å². The monoisotopic (exact) mass is 353 g/mol. The lowest BCUT2D eigenvalue weighted by molar-refractivity contribution is 0.206. The second-order valence-corrected chi connectivity index (χ2v) is 7.57. The number of hydrogen-bond donors (Lipinski definition) is 5. The zero-order valence-corrected chi connectivity index (χ0v) is 12.3. The zero-order chi connectivity index (χ0) is 15.8. The van der Waals surface area contributed by atoms with Crippen molar-refractivity contribution in [3.05, 3.63) is 6.20 Å². The zero-order valence-electron chi connectivity index (χ0n) is 9.63. The van der Waals surface area contributed by atoms with Crippen LogP contribution in [0.15, 0.2) is 6.20 Å². The highest BCUT2D eigenvalue weighted by atomic mass is 31.3. The van der Waals surface area contributed by atoms with Gasteiger partial charge >= 0.3 is 23.5 Å². The van der Waals surface area contributed by atoms with Gasteiger partial charge in [0.1, 0.15) is 0 Å². The number of phosphoric acid groups is 3. The number of nitrogens with two attached hydrogens (primary N) is 1. The maximum atomic E-state index is 11.4. The maximum absolute atomic E-state index is 11.4. The normalized spacial score (nSPS) is 18.2. The van der Waals surface area contributed by atoms with E-state index in [1.807, 2.05) is 0 Å². The van der Waals surface area contributed by atoms with E-state index in [9.17, 15) is 13.7 Å². The van der Waals surface area contributed by atoms with Gasteiger partial charge < -0.3 is 29.5 Å². The summed E-state index contributed by atoms with van der Waals surface area (Å²) >= 11 is 0. The van der Waals surface area contributed by atoms with Crippen molar-refractivity contribution in [2.75, 3.05) is 5.73 Å². The summed E-state index contributed by atoms with van der Waals surface area (Å²) in [6, 6.07) is 0. The maximum Gasteiger partial charge on any atom is 0.537 e. The second kappa shape index (κ2) is 5.57. The molecule has 6 N–H and O–H groups in total. The Morgan fingerprint density at radius 2 is 1.70 bits per heavy atom. The predicted octanol–water partition coefficient (Wildman–Crippen LogP) is -0.292. The van der Waals surface area contributed by atoms with Crippen molar-refractivity contribution in [1.29, 1.82) is 0 Å². The molecule has 0 aliphatic rings. The third-order valence-corrected chi connectivity index (χ3v) is 5.26. The van der Waals surface area contributed by atoms with Gasteiger partial charge in [-0.1, -0.05) is 0 Å². The molecule has 0 radical (unpaired) electrons. The molecule has 0 saturated carbocycles. The largest absolute Gasteiger partial charge is 0.537 e. The molecule has 1 aromatic heterocycles. The quantitative estimate of drug-likeness (QED) is 0.418. The average Bonchev–Trinajstić information content (AvgIpc) is 2.36. The van der Waals surface area contributed by atoms with Crippen LogP contribution in [0.25, 0.3) is 0 Å². The number of imidazole rings is 1. The number of anilines is 1. The summed E-state index contributed by atoms with van der Waals surface area (Å²) in [5.41, 5.74) is 5.30. The van der Waals surface area contributed by atoms with Crippen LogP contribution in [0.4, 0.5) is 5.95 Å². The van der Waals surface area contributed by atoms with Crippen molar-refractivity contribution in [3.63, 3.8) is 0 Å². The first-order valence-electron chi connectivity index (χ1n) is 4.42. The molecule has 0 aromatic carbocycles. The predicted molar refractivity (Wildman–Crippen MR) is 62.1 cm³/mol. The van der Waals surface area contributed by atoms with Crippen LogP contribution < -0.4 is 10.3 Å². The minimum absolute atomic E-state index is 0.0985. The molecule has 16 heteroatoms. The first kappa shape index (κ1) is 17.3. The van der Waals surface area contributed by atoms with Crippen molar-refractivity contribution in [1.82, 2.24) is 9.55 Å². The summed E-state index contributed by atoms with van der Waals surface area (Å²) in [6.07, 6.45) is 1.05. The van der Waals surface area contributed by atoms with Gasteiger partial charge in [0.2, 0.25) is 11.8 Å². The van der Waals surface area contributed by atoms with Gasteiger partial charge in [0.25, 0.3) is 0 Å².